The third-order valence-electron chi connectivity index (χ3n) is 5.02. The summed E-state index contributed by atoms with van der Waals surface area (Å²) in [6, 6.07) is 9.53. The molecule has 1 saturated heterocycles. The van der Waals surface area contributed by atoms with Crippen molar-refractivity contribution < 1.29 is 31.2 Å². The standard InChI is InChI=1S/C21H17F3N4O4S2/c1-12(29)26-34(31,32)16-6-4-5-15(9-16)28-19(33)27(18(30)20(28,2)3)14-8-7-13(11-25)17(10-14)21(22,23)24/h4-10H,1-3H3,(H,26,29). The highest BCUT2D eigenvalue weighted by atomic mass is 32.2. The number of benzene rings is 2. The fraction of sp³-hybridized carbons (Fsp3) is 0.238. The molecule has 0 radical (unpaired) electrons. The van der Waals surface area contributed by atoms with Crippen molar-refractivity contribution in [1.29, 1.82) is 5.26 Å². The number of thiocarbonyl (C=S) groups is 1. The molecule has 1 fully saturated rings. The van der Waals surface area contributed by atoms with Gasteiger partial charge < -0.3 is 4.90 Å². The van der Waals surface area contributed by atoms with Crippen LogP contribution in [0.5, 0.6) is 0 Å². The van der Waals surface area contributed by atoms with Gasteiger partial charge in [-0.2, -0.15) is 18.4 Å². The summed E-state index contributed by atoms with van der Waals surface area (Å²) < 4.78 is 67.0. The first-order chi connectivity index (χ1) is 15.6. The minimum atomic E-state index is -4.84. The van der Waals surface area contributed by atoms with E-state index in [9.17, 15) is 31.2 Å². The number of halogens is 3. The van der Waals surface area contributed by atoms with E-state index in [0.717, 1.165) is 17.9 Å². The number of hydrogen-bond acceptors (Lipinski definition) is 6. The number of carbonyl (C=O) groups excluding carboxylic acids is 2. The van der Waals surface area contributed by atoms with Crippen molar-refractivity contribution in [2.45, 2.75) is 37.4 Å². The van der Waals surface area contributed by atoms with Crippen molar-refractivity contribution in [1.82, 2.24) is 4.72 Å². The number of alkyl halides is 3. The molecule has 0 aromatic heterocycles. The molecular weight excluding hydrogens is 493 g/mol. The van der Waals surface area contributed by atoms with Crippen molar-refractivity contribution in [2.24, 2.45) is 0 Å². The van der Waals surface area contributed by atoms with Crippen LogP contribution in [0.15, 0.2) is 47.4 Å². The lowest BCUT2D eigenvalue weighted by atomic mass is 10.0. The average Bonchev–Trinajstić information content (AvgIpc) is 2.90. The Morgan fingerprint density at radius 3 is 2.35 bits per heavy atom. The normalized spacial score (nSPS) is 15.9. The summed E-state index contributed by atoms with van der Waals surface area (Å²) in [7, 11) is -4.20. The fourth-order valence-electron chi connectivity index (χ4n) is 3.50. The van der Waals surface area contributed by atoms with Crippen LogP contribution in [0.2, 0.25) is 0 Å². The van der Waals surface area contributed by atoms with E-state index in [-0.39, 0.29) is 21.4 Å². The van der Waals surface area contributed by atoms with Gasteiger partial charge in [-0.3, -0.25) is 14.5 Å². The van der Waals surface area contributed by atoms with E-state index in [1.165, 1.54) is 55.1 Å². The molecular formula is C21H17F3N4O4S2. The number of nitrogens with one attached hydrogen (secondary N) is 1. The maximum Gasteiger partial charge on any atom is 0.417 e. The highest BCUT2D eigenvalue weighted by Gasteiger charge is 2.50. The minimum absolute atomic E-state index is 0.168. The second-order valence-corrected chi connectivity index (χ2v) is 9.86. The smallest absolute Gasteiger partial charge is 0.303 e. The summed E-state index contributed by atoms with van der Waals surface area (Å²) in [6.45, 7) is 3.99. The molecule has 0 bridgehead atoms. The first-order valence-electron chi connectivity index (χ1n) is 9.55. The lowest BCUT2D eigenvalue weighted by molar-refractivity contribution is -0.137. The fourth-order valence-corrected chi connectivity index (χ4v) is 5.05. The Hall–Kier alpha value is -3.50. The van der Waals surface area contributed by atoms with E-state index in [2.05, 4.69) is 0 Å². The summed E-state index contributed by atoms with van der Waals surface area (Å²) in [6.07, 6.45) is -4.84. The largest absolute Gasteiger partial charge is 0.417 e. The van der Waals surface area contributed by atoms with Crippen LogP contribution in [0, 0.1) is 11.3 Å². The molecule has 0 atom stereocenters. The Kier molecular flexibility index (Phi) is 6.19. The summed E-state index contributed by atoms with van der Waals surface area (Å²) in [5, 5.41) is 8.83. The monoisotopic (exact) mass is 510 g/mol. The zero-order valence-corrected chi connectivity index (χ0v) is 19.6. The second-order valence-electron chi connectivity index (χ2n) is 7.82. The van der Waals surface area contributed by atoms with Crippen LogP contribution in [-0.4, -0.2) is 30.9 Å². The van der Waals surface area contributed by atoms with Gasteiger partial charge in [0.1, 0.15) is 5.54 Å². The van der Waals surface area contributed by atoms with Gasteiger partial charge >= 0.3 is 6.18 Å². The van der Waals surface area contributed by atoms with E-state index in [1.54, 1.807) is 0 Å². The maximum atomic E-state index is 13.5. The van der Waals surface area contributed by atoms with Crippen LogP contribution in [0.3, 0.4) is 0 Å². The number of rotatable bonds is 4. The van der Waals surface area contributed by atoms with Crippen LogP contribution >= 0.6 is 12.2 Å². The van der Waals surface area contributed by atoms with Gasteiger partial charge in [-0.25, -0.2) is 13.1 Å². The van der Waals surface area contributed by atoms with Crippen molar-refractivity contribution in [3.8, 4) is 6.07 Å². The predicted molar refractivity (Wildman–Crippen MR) is 120 cm³/mol. The molecule has 0 saturated carbocycles. The molecule has 13 heteroatoms. The van der Waals surface area contributed by atoms with Crippen LogP contribution in [-0.2, 0) is 25.8 Å². The average molecular weight is 511 g/mol. The van der Waals surface area contributed by atoms with E-state index >= 15 is 0 Å². The van der Waals surface area contributed by atoms with E-state index in [4.69, 9.17) is 17.5 Å². The lowest BCUT2D eigenvalue weighted by Crippen LogP contribution is -2.44. The zero-order chi connectivity index (χ0) is 25.6. The van der Waals surface area contributed by atoms with E-state index < -0.39 is 44.7 Å². The summed E-state index contributed by atoms with van der Waals surface area (Å²) >= 11 is 5.42. The molecule has 0 spiro atoms. The molecule has 2 aromatic carbocycles. The predicted octanol–water partition coefficient (Wildman–Crippen LogP) is 3.32. The number of nitrogens with zero attached hydrogens (tertiary/aromatic N) is 3. The van der Waals surface area contributed by atoms with Crippen LogP contribution < -0.4 is 14.5 Å². The van der Waals surface area contributed by atoms with Crippen molar-refractivity contribution in [3.63, 3.8) is 0 Å². The molecule has 1 aliphatic heterocycles. The third-order valence-corrected chi connectivity index (χ3v) is 6.82. The van der Waals surface area contributed by atoms with Gasteiger partial charge in [0.25, 0.3) is 15.9 Å². The van der Waals surface area contributed by atoms with Gasteiger partial charge in [0.15, 0.2) is 5.11 Å². The number of sulfonamides is 1. The van der Waals surface area contributed by atoms with Gasteiger partial charge in [0.2, 0.25) is 5.91 Å². The Morgan fingerprint density at radius 2 is 1.79 bits per heavy atom. The molecule has 0 aliphatic carbocycles. The molecule has 178 valence electrons. The minimum Gasteiger partial charge on any atom is -0.303 e. The van der Waals surface area contributed by atoms with Gasteiger partial charge in [-0.05, 0) is 62.5 Å². The number of carbonyl (C=O) groups is 2. The van der Waals surface area contributed by atoms with Crippen molar-refractivity contribution in [3.05, 3.63) is 53.6 Å². The molecule has 1 N–H and O–H groups in total. The molecule has 3 rings (SSSR count). The van der Waals surface area contributed by atoms with Crippen molar-refractivity contribution >= 4 is 50.5 Å². The first-order valence-corrected chi connectivity index (χ1v) is 11.4. The highest BCUT2D eigenvalue weighted by molar-refractivity contribution is 7.90. The summed E-state index contributed by atoms with van der Waals surface area (Å²) in [5.74, 6) is -1.46. The van der Waals surface area contributed by atoms with Crippen LogP contribution in [0.4, 0.5) is 24.5 Å². The molecule has 34 heavy (non-hydrogen) atoms. The quantitative estimate of drug-likeness (QED) is 0.629. The second kappa shape index (κ2) is 8.37. The van der Waals surface area contributed by atoms with Crippen molar-refractivity contribution in [2.75, 3.05) is 9.80 Å². The molecule has 2 aromatic rings. The van der Waals surface area contributed by atoms with Gasteiger partial charge in [0.05, 0.1) is 27.8 Å². The zero-order valence-electron chi connectivity index (χ0n) is 18.0. The Bertz CT molecular complexity index is 1360. The Labute approximate surface area is 198 Å². The molecule has 1 aliphatic rings. The number of nitriles is 1. The summed E-state index contributed by atoms with van der Waals surface area (Å²) in [5.41, 5.74) is -3.26. The molecule has 8 nitrogen and oxygen atoms in total. The van der Waals surface area contributed by atoms with E-state index in [1.807, 2.05) is 4.72 Å². The maximum absolute atomic E-state index is 13.5. The SMILES string of the molecule is CC(=O)NS(=O)(=O)c1cccc(N2C(=S)N(c3ccc(C#N)c(C(F)(F)F)c3)C(=O)C2(C)C)c1. The highest BCUT2D eigenvalue weighted by Crippen LogP contribution is 2.39. The Balaban J connectivity index is 2.11. The topological polar surface area (TPSA) is 111 Å². The third kappa shape index (κ3) is 4.34. The van der Waals surface area contributed by atoms with Gasteiger partial charge in [-0.1, -0.05) is 6.07 Å². The number of amides is 2. The van der Waals surface area contributed by atoms with Crippen LogP contribution in [0.25, 0.3) is 0 Å². The first kappa shape index (κ1) is 25.1. The van der Waals surface area contributed by atoms with Gasteiger partial charge in [-0.15, -0.1) is 0 Å². The summed E-state index contributed by atoms with van der Waals surface area (Å²) in [4.78, 5) is 26.4. The lowest BCUT2D eigenvalue weighted by Gasteiger charge is -2.29. The number of hydrogen-bond donors (Lipinski definition) is 1. The van der Waals surface area contributed by atoms with Gasteiger partial charge in [0, 0.05) is 12.6 Å². The Morgan fingerprint density at radius 1 is 1.15 bits per heavy atom. The molecule has 2 amide bonds. The van der Waals surface area contributed by atoms with E-state index in [0.29, 0.717) is 6.07 Å². The van der Waals surface area contributed by atoms with Crippen LogP contribution in [0.1, 0.15) is 31.9 Å². The molecule has 0 unspecified atom stereocenters. The molecule has 1 heterocycles. The number of anilines is 2.